The first-order valence-electron chi connectivity index (χ1n) is 6.08. The molecule has 17 heavy (non-hydrogen) atoms. The fourth-order valence-electron chi connectivity index (χ4n) is 2.09. The lowest BCUT2D eigenvalue weighted by Gasteiger charge is -2.25. The van der Waals surface area contributed by atoms with Gasteiger partial charge in [0.2, 0.25) is 11.0 Å². The molecule has 0 bridgehead atoms. The van der Waals surface area contributed by atoms with Crippen LogP contribution in [0.25, 0.3) is 0 Å². The topological polar surface area (TPSA) is 58.1 Å². The molecule has 1 amide bonds. The first kappa shape index (κ1) is 12.4. The van der Waals surface area contributed by atoms with E-state index in [0.717, 1.165) is 13.1 Å². The molecule has 2 heterocycles. The lowest BCUT2D eigenvalue weighted by molar-refractivity contribution is -0.120. The van der Waals surface area contributed by atoms with E-state index in [1.54, 1.807) is 5.51 Å². The van der Waals surface area contributed by atoms with E-state index in [0.29, 0.717) is 5.13 Å². The maximum Gasteiger partial charge on any atom is 0.243 e. The van der Waals surface area contributed by atoms with Gasteiger partial charge >= 0.3 is 0 Å². The molecule has 2 rings (SSSR count). The summed E-state index contributed by atoms with van der Waals surface area (Å²) in [6.45, 7) is 4.00. The highest BCUT2D eigenvalue weighted by Crippen LogP contribution is 2.14. The molecular weight excluding hydrogens is 236 g/mol. The van der Waals surface area contributed by atoms with Gasteiger partial charge in [-0.05, 0) is 32.9 Å². The number of nitrogens with zero attached hydrogens (tertiary/aromatic N) is 3. The zero-order chi connectivity index (χ0) is 12.1. The average molecular weight is 254 g/mol. The van der Waals surface area contributed by atoms with Gasteiger partial charge in [0.1, 0.15) is 5.51 Å². The lowest BCUT2D eigenvalue weighted by atomic mass is 10.2. The second-order valence-corrected chi connectivity index (χ2v) is 5.19. The van der Waals surface area contributed by atoms with Gasteiger partial charge in [0, 0.05) is 0 Å². The Morgan fingerprint density at radius 2 is 2.12 bits per heavy atom. The van der Waals surface area contributed by atoms with Crippen LogP contribution in [0.5, 0.6) is 0 Å². The summed E-state index contributed by atoms with van der Waals surface area (Å²) in [6, 6.07) is -0.0861. The summed E-state index contributed by atoms with van der Waals surface area (Å²) in [5, 5.41) is 10.9. The van der Waals surface area contributed by atoms with E-state index < -0.39 is 0 Å². The van der Waals surface area contributed by atoms with E-state index in [1.807, 2.05) is 6.92 Å². The highest BCUT2D eigenvalue weighted by atomic mass is 32.1. The second kappa shape index (κ2) is 6.07. The van der Waals surface area contributed by atoms with Gasteiger partial charge in [0.25, 0.3) is 0 Å². The van der Waals surface area contributed by atoms with Crippen LogP contribution in [0, 0.1) is 0 Å². The molecule has 94 valence electrons. The quantitative estimate of drug-likeness (QED) is 0.892. The Hall–Kier alpha value is -1.01. The Morgan fingerprint density at radius 1 is 1.41 bits per heavy atom. The molecule has 0 spiro atoms. The Morgan fingerprint density at radius 3 is 2.71 bits per heavy atom. The van der Waals surface area contributed by atoms with Crippen molar-refractivity contribution in [3.63, 3.8) is 0 Å². The molecule has 1 aromatic rings. The zero-order valence-electron chi connectivity index (χ0n) is 10.1. The number of amides is 1. The van der Waals surface area contributed by atoms with Crippen molar-refractivity contribution in [2.75, 3.05) is 18.4 Å². The van der Waals surface area contributed by atoms with Crippen molar-refractivity contribution >= 4 is 22.4 Å². The first-order chi connectivity index (χ1) is 8.27. The predicted octanol–water partition coefficient (Wildman–Crippen LogP) is 1.74. The van der Waals surface area contributed by atoms with Crippen molar-refractivity contribution in [2.45, 2.75) is 38.6 Å². The molecule has 1 aromatic heterocycles. The molecule has 0 aliphatic carbocycles. The molecule has 0 aromatic carbocycles. The number of carbonyl (C=O) groups is 1. The number of anilines is 1. The molecular formula is C11H18N4OS. The van der Waals surface area contributed by atoms with Gasteiger partial charge in [-0.25, -0.2) is 0 Å². The zero-order valence-corrected chi connectivity index (χ0v) is 10.9. The highest BCUT2D eigenvalue weighted by molar-refractivity contribution is 7.13. The minimum Gasteiger partial charge on any atom is -0.299 e. The summed E-state index contributed by atoms with van der Waals surface area (Å²) >= 11 is 1.35. The van der Waals surface area contributed by atoms with Gasteiger partial charge < -0.3 is 0 Å². The Kier molecular flexibility index (Phi) is 4.44. The van der Waals surface area contributed by atoms with Gasteiger partial charge in [-0.1, -0.05) is 24.2 Å². The summed E-state index contributed by atoms with van der Waals surface area (Å²) in [5.41, 5.74) is 1.62. The third-order valence-electron chi connectivity index (χ3n) is 3.16. The summed E-state index contributed by atoms with van der Waals surface area (Å²) in [5.74, 6) is 0.0173. The van der Waals surface area contributed by atoms with Crippen molar-refractivity contribution in [2.24, 2.45) is 0 Å². The molecule has 1 aliphatic rings. The molecule has 1 unspecified atom stereocenters. The van der Waals surface area contributed by atoms with Crippen LogP contribution < -0.4 is 5.32 Å². The molecule has 0 saturated carbocycles. The van der Waals surface area contributed by atoms with E-state index in [9.17, 15) is 4.79 Å². The number of hydrogen-bond donors (Lipinski definition) is 1. The van der Waals surface area contributed by atoms with Crippen LogP contribution in [0.15, 0.2) is 5.51 Å². The van der Waals surface area contributed by atoms with Crippen LogP contribution in [0.3, 0.4) is 0 Å². The van der Waals surface area contributed by atoms with E-state index in [2.05, 4.69) is 20.4 Å². The van der Waals surface area contributed by atoms with Crippen LogP contribution >= 0.6 is 11.3 Å². The fraction of sp³-hybridized carbons (Fsp3) is 0.727. The van der Waals surface area contributed by atoms with Crippen LogP contribution in [-0.4, -0.2) is 40.1 Å². The van der Waals surface area contributed by atoms with Crippen LogP contribution in [-0.2, 0) is 4.79 Å². The monoisotopic (exact) mass is 254 g/mol. The molecule has 0 radical (unpaired) electrons. The maximum absolute atomic E-state index is 12.0. The molecule has 1 fully saturated rings. The molecule has 1 atom stereocenters. The average Bonchev–Trinajstić information content (AvgIpc) is 2.68. The Bertz CT molecular complexity index is 346. The summed E-state index contributed by atoms with van der Waals surface area (Å²) in [4.78, 5) is 14.3. The van der Waals surface area contributed by atoms with Crippen molar-refractivity contribution in [1.29, 1.82) is 0 Å². The lowest BCUT2D eigenvalue weighted by Crippen LogP contribution is -2.42. The molecule has 5 nitrogen and oxygen atoms in total. The van der Waals surface area contributed by atoms with E-state index in [1.165, 1.54) is 37.0 Å². The van der Waals surface area contributed by atoms with Crippen molar-refractivity contribution in [3.8, 4) is 0 Å². The number of nitrogens with one attached hydrogen (secondary N) is 1. The SMILES string of the molecule is CC(C(=O)Nc1nncs1)N1CCCCCC1. The third-order valence-corrected chi connectivity index (χ3v) is 3.76. The van der Waals surface area contributed by atoms with Gasteiger partial charge in [-0.2, -0.15) is 0 Å². The minimum absolute atomic E-state index is 0.0173. The molecule has 1 N–H and O–H groups in total. The van der Waals surface area contributed by atoms with Gasteiger partial charge in [0.15, 0.2) is 0 Å². The third kappa shape index (κ3) is 3.47. The van der Waals surface area contributed by atoms with E-state index in [4.69, 9.17) is 0 Å². The number of likely N-dealkylation sites (tertiary alicyclic amines) is 1. The van der Waals surface area contributed by atoms with Gasteiger partial charge in [0.05, 0.1) is 6.04 Å². The number of hydrogen-bond acceptors (Lipinski definition) is 5. The normalized spacial score (nSPS) is 19.6. The number of carbonyl (C=O) groups excluding carboxylic acids is 1. The standard InChI is InChI=1S/C11H18N4OS/c1-9(15-6-4-2-3-5-7-15)10(16)13-11-14-12-8-17-11/h8-9H,2-7H2,1H3,(H,13,14,16). The first-order valence-corrected chi connectivity index (χ1v) is 6.96. The van der Waals surface area contributed by atoms with Gasteiger partial charge in [-0.15, -0.1) is 10.2 Å². The van der Waals surface area contributed by atoms with Crippen molar-refractivity contribution < 1.29 is 4.79 Å². The maximum atomic E-state index is 12.0. The highest BCUT2D eigenvalue weighted by Gasteiger charge is 2.22. The number of aromatic nitrogens is 2. The van der Waals surface area contributed by atoms with Crippen LogP contribution in [0.2, 0.25) is 0 Å². The smallest absolute Gasteiger partial charge is 0.243 e. The Labute approximate surface area is 105 Å². The van der Waals surface area contributed by atoms with Crippen molar-refractivity contribution in [1.82, 2.24) is 15.1 Å². The minimum atomic E-state index is -0.0861. The van der Waals surface area contributed by atoms with E-state index in [-0.39, 0.29) is 11.9 Å². The summed E-state index contributed by atoms with van der Waals surface area (Å²) in [7, 11) is 0. The van der Waals surface area contributed by atoms with Crippen molar-refractivity contribution in [3.05, 3.63) is 5.51 Å². The largest absolute Gasteiger partial charge is 0.299 e. The Balaban J connectivity index is 1.89. The van der Waals surface area contributed by atoms with E-state index >= 15 is 0 Å². The molecule has 1 aliphatic heterocycles. The summed E-state index contributed by atoms with van der Waals surface area (Å²) < 4.78 is 0. The van der Waals surface area contributed by atoms with Crippen LogP contribution in [0.4, 0.5) is 5.13 Å². The van der Waals surface area contributed by atoms with Crippen LogP contribution in [0.1, 0.15) is 32.6 Å². The predicted molar refractivity (Wildman–Crippen MR) is 68.0 cm³/mol. The summed E-state index contributed by atoms with van der Waals surface area (Å²) in [6.07, 6.45) is 4.94. The van der Waals surface area contributed by atoms with Gasteiger partial charge in [-0.3, -0.25) is 15.0 Å². The molecule has 1 saturated heterocycles. The molecule has 6 heteroatoms. The second-order valence-electron chi connectivity index (χ2n) is 4.36. The number of rotatable bonds is 3. The fourth-order valence-corrected chi connectivity index (χ4v) is 2.53.